The molecule has 5 heteroatoms. The van der Waals surface area contributed by atoms with Gasteiger partial charge in [0, 0.05) is 9.13 Å². The van der Waals surface area contributed by atoms with Crippen molar-refractivity contribution >= 4 is 34.2 Å². The average molecular weight is 381 g/mol. The van der Waals surface area contributed by atoms with Gasteiger partial charge in [-0.15, -0.1) is 0 Å². The predicted octanol–water partition coefficient (Wildman–Crippen LogP) is 4.80. The molecule has 0 bridgehead atoms. The molecule has 0 aliphatic heterocycles. The quantitative estimate of drug-likeness (QED) is 0.695. The molecule has 0 radical (unpaired) electrons. The van der Waals surface area contributed by atoms with E-state index in [1.807, 2.05) is 22.6 Å². The van der Waals surface area contributed by atoms with Gasteiger partial charge >= 0.3 is 0 Å². The van der Waals surface area contributed by atoms with Crippen molar-refractivity contribution in [3.05, 3.63) is 62.2 Å². The molecule has 0 saturated carbocycles. The van der Waals surface area contributed by atoms with Crippen LogP contribution in [-0.2, 0) is 6.61 Å². The molecule has 0 atom stereocenters. The Morgan fingerprint density at radius 2 is 1.94 bits per heavy atom. The van der Waals surface area contributed by atoms with E-state index in [4.69, 9.17) is 16.3 Å². The SMILES string of the molecule is Fc1ccc(I)cc1OCc1cccc(Cl)c1F. The molecule has 0 fully saturated rings. The molecule has 0 amide bonds. The molecule has 2 aromatic carbocycles. The highest BCUT2D eigenvalue weighted by molar-refractivity contribution is 14.1. The van der Waals surface area contributed by atoms with Crippen molar-refractivity contribution in [2.24, 2.45) is 0 Å². The minimum atomic E-state index is -0.537. The molecule has 0 aliphatic rings. The molecule has 2 aromatic rings. The maximum Gasteiger partial charge on any atom is 0.165 e. The van der Waals surface area contributed by atoms with Crippen LogP contribution in [0.15, 0.2) is 36.4 Å². The van der Waals surface area contributed by atoms with Crippen LogP contribution in [0.3, 0.4) is 0 Å². The number of ether oxygens (including phenoxy) is 1. The van der Waals surface area contributed by atoms with E-state index in [2.05, 4.69) is 0 Å². The van der Waals surface area contributed by atoms with Crippen LogP contribution >= 0.6 is 34.2 Å². The van der Waals surface area contributed by atoms with E-state index in [-0.39, 0.29) is 17.4 Å². The Morgan fingerprint density at radius 1 is 1.17 bits per heavy atom. The van der Waals surface area contributed by atoms with E-state index in [1.165, 1.54) is 12.1 Å². The Balaban J connectivity index is 2.16. The van der Waals surface area contributed by atoms with Gasteiger partial charge in [-0.05, 0) is 46.9 Å². The number of hydrogen-bond acceptors (Lipinski definition) is 1. The molecule has 0 spiro atoms. The lowest BCUT2D eigenvalue weighted by atomic mass is 10.2. The van der Waals surface area contributed by atoms with Crippen molar-refractivity contribution in [2.75, 3.05) is 0 Å². The summed E-state index contributed by atoms with van der Waals surface area (Å²) in [7, 11) is 0. The third-order valence-electron chi connectivity index (χ3n) is 2.31. The Morgan fingerprint density at radius 3 is 2.72 bits per heavy atom. The fraction of sp³-hybridized carbons (Fsp3) is 0.0769. The first-order chi connectivity index (χ1) is 8.58. The van der Waals surface area contributed by atoms with Crippen molar-refractivity contribution in [3.8, 4) is 5.75 Å². The van der Waals surface area contributed by atoms with Gasteiger partial charge in [0.05, 0.1) is 5.02 Å². The second kappa shape index (κ2) is 5.84. The van der Waals surface area contributed by atoms with E-state index >= 15 is 0 Å². The Bertz CT molecular complexity index is 573. The summed E-state index contributed by atoms with van der Waals surface area (Å²) >= 11 is 7.69. The summed E-state index contributed by atoms with van der Waals surface area (Å²) in [4.78, 5) is 0. The van der Waals surface area contributed by atoms with Gasteiger partial charge in [-0.1, -0.05) is 23.7 Å². The lowest BCUT2D eigenvalue weighted by Crippen LogP contribution is -2.00. The van der Waals surface area contributed by atoms with Gasteiger partial charge in [0.15, 0.2) is 11.6 Å². The summed E-state index contributed by atoms with van der Waals surface area (Å²) < 4.78 is 33.1. The van der Waals surface area contributed by atoms with Crippen LogP contribution in [0.4, 0.5) is 8.78 Å². The molecule has 2 rings (SSSR count). The zero-order chi connectivity index (χ0) is 13.1. The average Bonchev–Trinajstić information content (AvgIpc) is 2.35. The van der Waals surface area contributed by atoms with Gasteiger partial charge in [-0.25, -0.2) is 8.78 Å². The van der Waals surface area contributed by atoms with Crippen LogP contribution in [0.5, 0.6) is 5.75 Å². The summed E-state index contributed by atoms with van der Waals surface area (Å²) in [5.74, 6) is -0.913. The van der Waals surface area contributed by atoms with E-state index in [9.17, 15) is 8.78 Å². The lowest BCUT2D eigenvalue weighted by Gasteiger charge is -2.09. The molecule has 94 valence electrons. The lowest BCUT2D eigenvalue weighted by molar-refractivity contribution is 0.284. The van der Waals surface area contributed by atoms with E-state index in [0.717, 1.165) is 3.57 Å². The zero-order valence-corrected chi connectivity index (χ0v) is 12.0. The van der Waals surface area contributed by atoms with Crippen molar-refractivity contribution in [2.45, 2.75) is 6.61 Å². The molecule has 0 N–H and O–H groups in total. The van der Waals surface area contributed by atoms with Crippen LogP contribution in [0.25, 0.3) is 0 Å². The topological polar surface area (TPSA) is 9.23 Å². The first kappa shape index (κ1) is 13.5. The summed E-state index contributed by atoms with van der Waals surface area (Å²) in [6, 6.07) is 9.11. The summed E-state index contributed by atoms with van der Waals surface area (Å²) in [6.45, 7) is -0.0661. The van der Waals surface area contributed by atoms with Crippen LogP contribution < -0.4 is 4.74 Å². The smallest absolute Gasteiger partial charge is 0.165 e. The molecule has 1 nitrogen and oxygen atoms in total. The van der Waals surface area contributed by atoms with Crippen molar-refractivity contribution in [1.82, 2.24) is 0 Å². The maximum absolute atomic E-state index is 13.6. The molecular formula is C13H8ClF2IO. The van der Waals surface area contributed by atoms with Crippen LogP contribution in [0.2, 0.25) is 5.02 Å². The maximum atomic E-state index is 13.6. The van der Waals surface area contributed by atoms with Crippen molar-refractivity contribution < 1.29 is 13.5 Å². The van der Waals surface area contributed by atoms with E-state index in [1.54, 1.807) is 24.3 Å². The Hall–Kier alpha value is -0.880. The highest BCUT2D eigenvalue weighted by Gasteiger charge is 2.09. The minimum Gasteiger partial charge on any atom is -0.486 e. The van der Waals surface area contributed by atoms with Crippen LogP contribution in [0, 0.1) is 15.2 Å². The molecular weight excluding hydrogens is 372 g/mol. The number of halogens is 4. The molecule has 0 heterocycles. The Kier molecular flexibility index (Phi) is 4.40. The third-order valence-corrected chi connectivity index (χ3v) is 3.27. The van der Waals surface area contributed by atoms with Gasteiger partial charge in [-0.3, -0.25) is 0 Å². The standard InChI is InChI=1S/C13H8ClF2IO/c14-10-3-1-2-8(13(10)16)7-18-12-6-9(17)4-5-11(12)15/h1-6H,7H2. The zero-order valence-electron chi connectivity index (χ0n) is 9.09. The van der Waals surface area contributed by atoms with Gasteiger partial charge in [0.2, 0.25) is 0 Å². The van der Waals surface area contributed by atoms with Gasteiger partial charge < -0.3 is 4.74 Å². The van der Waals surface area contributed by atoms with Crippen LogP contribution in [-0.4, -0.2) is 0 Å². The summed E-state index contributed by atoms with van der Waals surface area (Å²) in [5.41, 5.74) is 0.292. The highest BCUT2D eigenvalue weighted by atomic mass is 127. The summed E-state index contributed by atoms with van der Waals surface area (Å²) in [5, 5.41) is 0.0271. The predicted molar refractivity (Wildman–Crippen MR) is 74.9 cm³/mol. The minimum absolute atomic E-state index is 0.0271. The summed E-state index contributed by atoms with van der Waals surface area (Å²) in [6.07, 6.45) is 0. The molecule has 18 heavy (non-hydrogen) atoms. The first-order valence-electron chi connectivity index (χ1n) is 5.08. The fourth-order valence-corrected chi connectivity index (χ4v) is 2.06. The number of benzene rings is 2. The monoisotopic (exact) mass is 380 g/mol. The highest BCUT2D eigenvalue weighted by Crippen LogP contribution is 2.23. The van der Waals surface area contributed by atoms with Crippen LogP contribution in [0.1, 0.15) is 5.56 Å². The molecule has 0 unspecified atom stereocenters. The second-order valence-electron chi connectivity index (χ2n) is 3.58. The third kappa shape index (κ3) is 3.11. The molecule has 0 aromatic heterocycles. The largest absolute Gasteiger partial charge is 0.486 e. The van der Waals surface area contributed by atoms with Gasteiger partial charge in [0.25, 0.3) is 0 Å². The van der Waals surface area contributed by atoms with Crippen molar-refractivity contribution in [1.29, 1.82) is 0 Å². The van der Waals surface area contributed by atoms with E-state index in [0.29, 0.717) is 5.56 Å². The van der Waals surface area contributed by atoms with E-state index < -0.39 is 11.6 Å². The van der Waals surface area contributed by atoms with Gasteiger partial charge in [0.1, 0.15) is 12.4 Å². The second-order valence-corrected chi connectivity index (χ2v) is 5.23. The fourth-order valence-electron chi connectivity index (χ4n) is 1.40. The normalized spacial score (nSPS) is 10.4. The first-order valence-corrected chi connectivity index (χ1v) is 6.54. The molecule has 0 saturated heterocycles. The molecule has 0 aliphatic carbocycles. The number of rotatable bonds is 3. The number of hydrogen-bond donors (Lipinski definition) is 0. The van der Waals surface area contributed by atoms with Crippen molar-refractivity contribution in [3.63, 3.8) is 0 Å². The Labute approximate surface area is 122 Å². The van der Waals surface area contributed by atoms with Gasteiger partial charge in [-0.2, -0.15) is 0 Å².